The van der Waals surface area contributed by atoms with Crippen molar-refractivity contribution in [2.24, 2.45) is 0 Å². The molecule has 1 aromatic heterocycles. The summed E-state index contributed by atoms with van der Waals surface area (Å²) in [5.41, 5.74) is 4.24. The highest BCUT2D eigenvalue weighted by atomic mass is 16.5. The largest absolute Gasteiger partial charge is 0.483 e. The van der Waals surface area contributed by atoms with Crippen LogP contribution in [0.15, 0.2) is 24.3 Å². The summed E-state index contributed by atoms with van der Waals surface area (Å²) in [4.78, 5) is 12.7. The Kier molecular flexibility index (Phi) is 8.08. The molecule has 0 aliphatic rings. The van der Waals surface area contributed by atoms with E-state index in [9.17, 15) is 4.79 Å². The number of rotatable bonds is 10. The van der Waals surface area contributed by atoms with Crippen molar-refractivity contribution < 1.29 is 9.53 Å². The molecule has 0 radical (unpaired) electrons. The standard InChI is InChI=1S/C23H34N2O2/c1-6-7-8-9-10-14-21-18(4)24-25(19(21)5)23(26)16-27-22-15-12-11-13-20(22)17(2)3/h11-13,15,17H,6-10,14,16H2,1-5H3. The van der Waals surface area contributed by atoms with E-state index in [-0.39, 0.29) is 12.5 Å². The molecule has 0 aliphatic heterocycles. The van der Waals surface area contributed by atoms with Crippen LogP contribution in [0.1, 0.15) is 86.1 Å². The van der Waals surface area contributed by atoms with E-state index in [0.717, 1.165) is 35.5 Å². The lowest BCUT2D eigenvalue weighted by Gasteiger charge is -2.13. The van der Waals surface area contributed by atoms with Crippen LogP contribution in [0.3, 0.4) is 0 Å². The summed E-state index contributed by atoms with van der Waals surface area (Å²) in [6.07, 6.45) is 7.21. The fourth-order valence-electron chi connectivity index (χ4n) is 3.47. The van der Waals surface area contributed by atoms with Gasteiger partial charge in [0, 0.05) is 5.69 Å². The van der Waals surface area contributed by atoms with Gasteiger partial charge in [-0.2, -0.15) is 5.10 Å². The van der Waals surface area contributed by atoms with Crippen LogP contribution in [0.5, 0.6) is 5.75 Å². The van der Waals surface area contributed by atoms with Crippen LogP contribution in [-0.2, 0) is 6.42 Å². The molecule has 4 heteroatoms. The molecule has 2 rings (SSSR count). The lowest BCUT2D eigenvalue weighted by atomic mass is 10.0. The topological polar surface area (TPSA) is 44.1 Å². The van der Waals surface area contributed by atoms with E-state index in [0.29, 0.717) is 5.92 Å². The van der Waals surface area contributed by atoms with Crippen LogP contribution in [0.2, 0.25) is 0 Å². The van der Waals surface area contributed by atoms with Crippen LogP contribution in [-0.4, -0.2) is 22.3 Å². The second-order valence-electron chi connectivity index (χ2n) is 7.60. The van der Waals surface area contributed by atoms with Crippen LogP contribution in [0.4, 0.5) is 0 Å². The van der Waals surface area contributed by atoms with Crippen molar-refractivity contribution in [1.29, 1.82) is 0 Å². The van der Waals surface area contributed by atoms with Crippen molar-refractivity contribution in [2.75, 3.05) is 6.61 Å². The summed E-state index contributed by atoms with van der Waals surface area (Å²) >= 11 is 0. The van der Waals surface area contributed by atoms with Crippen molar-refractivity contribution >= 4 is 5.91 Å². The van der Waals surface area contributed by atoms with Crippen molar-refractivity contribution in [1.82, 2.24) is 9.78 Å². The number of benzene rings is 1. The minimum absolute atomic E-state index is 0.00162. The number of ether oxygens (including phenoxy) is 1. The first kappa shape index (κ1) is 21.2. The number of carbonyl (C=O) groups excluding carboxylic acids is 1. The van der Waals surface area contributed by atoms with Gasteiger partial charge in [-0.15, -0.1) is 0 Å². The molecule has 0 atom stereocenters. The summed E-state index contributed by atoms with van der Waals surface area (Å²) in [5, 5.41) is 4.48. The van der Waals surface area contributed by atoms with Crippen LogP contribution >= 0.6 is 0 Å². The monoisotopic (exact) mass is 370 g/mol. The van der Waals surface area contributed by atoms with Crippen molar-refractivity contribution in [2.45, 2.75) is 79.1 Å². The summed E-state index contributed by atoms with van der Waals surface area (Å²) in [5.74, 6) is 1.01. The number of unbranched alkanes of at least 4 members (excludes halogenated alkanes) is 4. The Labute approximate surface area is 163 Å². The SMILES string of the molecule is CCCCCCCc1c(C)nn(C(=O)COc2ccccc2C(C)C)c1C. The highest BCUT2D eigenvalue weighted by Gasteiger charge is 2.17. The Morgan fingerprint density at radius 1 is 1.11 bits per heavy atom. The highest BCUT2D eigenvalue weighted by molar-refractivity contribution is 5.80. The molecule has 0 bridgehead atoms. The molecule has 0 amide bonds. The maximum atomic E-state index is 12.7. The number of carbonyl (C=O) groups is 1. The third-order valence-corrected chi connectivity index (χ3v) is 5.10. The fourth-order valence-corrected chi connectivity index (χ4v) is 3.47. The van der Waals surface area contributed by atoms with Crippen LogP contribution < -0.4 is 4.74 Å². The lowest BCUT2D eigenvalue weighted by Crippen LogP contribution is -2.22. The second kappa shape index (κ2) is 10.3. The van der Waals surface area contributed by atoms with E-state index in [1.807, 2.05) is 38.1 Å². The normalized spacial score (nSPS) is 11.2. The molecule has 0 fully saturated rings. The van der Waals surface area contributed by atoms with E-state index in [4.69, 9.17) is 4.74 Å². The Bertz CT molecular complexity index is 747. The van der Waals surface area contributed by atoms with E-state index in [1.54, 1.807) is 0 Å². The minimum Gasteiger partial charge on any atom is -0.483 e. The van der Waals surface area contributed by atoms with Gasteiger partial charge in [-0.3, -0.25) is 4.79 Å². The Morgan fingerprint density at radius 3 is 2.52 bits per heavy atom. The number of hydrogen-bond donors (Lipinski definition) is 0. The Morgan fingerprint density at radius 2 is 1.81 bits per heavy atom. The molecule has 27 heavy (non-hydrogen) atoms. The quantitative estimate of drug-likeness (QED) is 0.492. The van der Waals surface area contributed by atoms with Gasteiger partial charge in [-0.1, -0.05) is 64.7 Å². The third-order valence-electron chi connectivity index (χ3n) is 5.10. The van der Waals surface area contributed by atoms with Gasteiger partial charge >= 0.3 is 0 Å². The van der Waals surface area contributed by atoms with Crippen molar-refractivity contribution in [3.63, 3.8) is 0 Å². The highest BCUT2D eigenvalue weighted by Crippen LogP contribution is 2.26. The number of nitrogens with zero attached hydrogens (tertiary/aromatic N) is 2. The molecule has 1 aromatic carbocycles. The smallest absolute Gasteiger partial charge is 0.284 e. The van der Waals surface area contributed by atoms with Gasteiger partial charge in [0.15, 0.2) is 6.61 Å². The fraction of sp³-hybridized carbons (Fsp3) is 0.565. The molecule has 0 spiro atoms. The van der Waals surface area contributed by atoms with E-state index in [1.165, 1.54) is 35.9 Å². The van der Waals surface area contributed by atoms with Crippen LogP contribution in [0.25, 0.3) is 0 Å². The van der Waals surface area contributed by atoms with Gasteiger partial charge < -0.3 is 4.74 Å². The first-order valence-corrected chi connectivity index (χ1v) is 10.3. The summed E-state index contributed by atoms with van der Waals surface area (Å²) in [7, 11) is 0. The van der Waals surface area contributed by atoms with E-state index in [2.05, 4.69) is 25.9 Å². The molecule has 0 N–H and O–H groups in total. The molecule has 1 heterocycles. The van der Waals surface area contributed by atoms with Gasteiger partial charge in [0.05, 0.1) is 5.69 Å². The maximum Gasteiger partial charge on any atom is 0.284 e. The molecule has 2 aromatic rings. The molecule has 0 aliphatic carbocycles. The molecule has 148 valence electrons. The number of para-hydroxylation sites is 1. The number of aryl methyl sites for hydroxylation is 1. The van der Waals surface area contributed by atoms with E-state index >= 15 is 0 Å². The zero-order valence-corrected chi connectivity index (χ0v) is 17.5. The average molecular weight is 371 g/mol. The molecule has 0 saturated heterocycles. The van der Waals surface area contributed by atoms with Gasteiger partial charge in [0.1, 0.15) is 5.75 Å². The predicted molar refractivity (Wildman–Crippen MR) is 111 cm³/mol. The number of aromatic nitrogens is 2. The summed E-state index contributed by atoms with van der Waals surface area (Å²) in [6, 6.07) is 7.90. The van der Waals surface area contributed by atoms with Gasteiger partial charge in [0.2, 0.25) is 0 Å². The summed E-state index contributed by atoms with van der Waals surface area (Å²) in [6.45, 7) is 10.5. The van der Waals surface area contributed by atoms with Crippen LogP contribution in [0, 0.1) is 13.8 Å². The Balaban J connectivity index is 2.00. The molecule has 4 nitrogen and oxygen atoms in total. The molecular formula is C23H34N2O2. The zero-order chi connectivity index (χ0) is 19.8. The van der Waals surface area contributed by atoms with Gasteiger partial charge in [-0.25, -0.2) is 4.68 Å². The summed E-state index contributed by atoms with van der Waals surface area (Å²) < 4.78 is 7.36. The first-order valence-electron chi connectivity index (χ1n) is 10.3. The Hall–Kier alpha value is -2.10. The molecule has 0 unspecified atom stereocenters. The second-order valence-corrected chi connectivity index (χ2v) is 7.60. The average Bonchev–Trinajstić information content (AvgIpc) is 2.94. The third kappa shape index (κ3) is 5.69. The maximum absolute atomic E-state index is 12.7. The van der Waals surface area contributed by atoms with Gasteiger partial charge in [0.25, 0.3) is 5.91 Å². The van der Waals surface area contributed by atoms with Gasteiger partial charge in [-0.05, 0) is 49.8 Å². The number of hydrogen-bond acceptors (Lipinski definition) is 3. The first-order chi connectivity index (χ1) is 13.0. The minimum atomic E-state index is -0.119. The van der Waals surface area contributed by atoms with Crippen molar-refractivity contribution in [3.8, 4) is 5.75 Å². The zero-order valence-electron chi connectivity index (χ0n) is 17.5. The lowest BCUT2D eigenvalue weighted by molar-refractivity contribution is 0.0817. The van der Waals surface area contributed by atoms with E-state index < -0.39 is 0 Å². The predicted octanol–water partition coefficient (Wildman–Crippen LogP) is 5.86. The van der Waals surface area contributed by atoms with Crippen molar-refractivity contribution in [3.05, 3.63) is 46.8 Å². The molecule has 0 saturated carbocycles. The molecular weight excluding hydrogens is 336 g/mol.